The van der Waals surface area contributed by atoms with E-state index < -0.39 is 6.04 Å². The van der Waals surface area contributed by atoms with Gasteiger partial charge in [0.25, 0.3) is 0 Å². The van der Waals surface area contributed by atoms with Crippen molar-refractivity contribution in [1.29, 1.82) is 0 Å². The SMILES string of the molecule is CCNC(=O)C(NC(=O)C12CC3CC(CC(C3)C1)C2)C(C)C. The standard InChI is InChI=1S/C18H30N2O2/c1-4-19-16(21)15(11(2)3)20-17(22)18-8-12-5-13(9-18)7-14(6-12)10-18/h11-15H,4-10H2,1-3H3,(H,19,21)(H,20,22). The van der Waals surface area contributed by atoms with E-state index in [1.807, 2.05) is 20.8 Å². The van der Waals surface area contributed by atoms with Crippen LogP contribution in [-0.4, -0.2) is 24.4 Å². The number of amides is 2. The Morgan fingerprint density at radius 1 is 1.05 bits per heavy atom. The molecular weight excluding hydrogens is 276 g/mol. The third-order valence-electron chi connectivity index (χ3n) is 6.11. The molecule has 4 aliphatic rings. The average molecular weight is 306 g/mol. The number of rotatable bonds is 5. The van der Waals surface area contributed by atoms with Gasteiger partial charge in [0.05, 0.1) is 0 Å². The molecule has 4 rings (SSSR count). The van der Waals surface area contributed by atoms with Crippen molar-refractivity contribution in [2.75, 3.05) is 6.54 Å². The molecule has 0 aromatic rings. The first-order valence-corrected chi connectivity index (χ1v) is 9.02. The van der Waals surface area contributed by atoms with Crippen LogP contribution in [0.5, 0.6) is 0 Å². The lowest BCUT2D eigenvalue weighted by molar-refractivity contribution is -0.149. The first-order chi connectivity index (χ1) is 10.4. The largest absolute Gasteiger partial charge is 0.355 e. The minimum absolute atomic E-state index is 0.0458. The third-order valence-corrected chi connectivity index (χ3v) is 6.11. The number of nitrogens with one attached hydrogen (secondary N) is 2. The molecule has 4 bridgehead atoms. The molecule has 124 valence electrons. The molecule has 4 aliphatic carbocycles. The molecule has 0 aliphatic heterocycles. The van der Waals surface area contributed by atoms with Crippen molar-refractivity contribution >= 4 is 11.8 Å². The average Bonchev–Trinajstić information content (AvgIpc) is 2.42. The maximum absolute atomic E-state index is 13.0. The van der Waals surface area contributed by atoms with E-state index in [2.05, 4.69) is 10.6 Å². The quantitative estimate of drug-likeness (QED) is 0.820. The van der Waals surface area contributed by atoms with Crippen LogP contribution in [-0.2, 0) is 9.59 Å². The summed E-state index contributed by atoms with van der Waals surface area (Å²) in [6, 6.07) is -0.402. The normalized spacial score (nSPS) is 37.2. The van der Waals surface area contributed by atoms with Crippen LogP contribution in [0.15, 0.2) is 0 Å². The van der Waals surface area contributed by atoms with Crippen LogP contribution in [0.25, 0.3) is 0 Å². The zero-order chi connectivity index (χ0) is 15.9. The first-order valence-electron chi connectivity index (χ1n) is 9.02. The van der Waals surface area contributed by atoms with Gasteiger partial charge in [0.1, 0.15) is 6.04 Å². The summed E-state index contributed by atoms with van der Waals surface area (Å²) >= 11 is 0. The second kappa shape index (κ2) is 5.86. The van der Waals surface area contributed by atoms with Gasteiger partial charge in [0, 0.05) is 12.0 Å². The van der Waals surface area contributed by atoms with Crippen molar-refractivity contribution in [2.24, 2.45) is 29.1 Å². The predicted molar refractivity (Wildman–Crippen MR) is 86.1 cm³/mol. The fraction of sp³-hybridized carbons (Fsp3) is 0.889. The van der Waals surface area contributed by atoms with Gasteiger partial charge >= 0.3 is 0 Å². The smallest absolute Gasteiger partial charge is 0.242 e. The topological polar surface area (TPSA) is 58.2 Å². The summed E-state index contributed by atoms with van der Waals surface area (Å²) in [6.07, 6.45) is 7.13. The molecular formula is C18H30N2O2. The Balaban J connectivity index is 1.71. The second-order valence-corrected chi connectivity index (χ2v) is 8.29. The lowest BCUT2D eigenvalue weighted by Gasteiger charge is -2.55. The Hall–Kier alpha value is -1.06. The molecule has 22 heavy (non-hydrogen) atoms. The summed E-state index contributed by atoms with van der Waals surface area (Å²) in [5.74, 6) is 2.47. The maximum Gasteiger partial charge on any atom is 0.242 e. The van der Waals surface area contributed by atoms with Crippen LogP contribution in [0, 0.1) is 29.1 Å². The molecule has 0 heterocycles. The molecule has 0 aromatic carbocycles. The fourth-order valence-electron chi connectivity index (χ4n) is 5.50. The maximum atomic E-state index is 13.0. The van der Waals surface area contributed by atoms with Crippen LogP contribution in [0.2, 0.25) is 0 Å². The minimum Gasteiger partial charge on any atom is -0.355 e. The van der Waals surface area contributed by atoms with Crippen LogP contribution in [0.1, 0.15) is 59.3 Å². The number of hydrogen-bond donors (Lipinski definition) is 2. The Kier molecular flexibility index (Phi) is 4.21. The fourth-order valence-corrected chi connectivity index (χ4v) is 5.50. The summed E-state index contributed by atoms with van der Waals surface area (Å²) < 4.78 is 0. The molecule has 4 nitrogen and oxygen atoms in total. The van der Waals surface area contributed by atoms with E-state index in [-0.39, 0.29) is 23.1 Å². The zero-order valence-electron chi connectivity index (χ0n) is 14.2. The Morgan fingerprint density at radius 3 is 1.95 bits per heavy atom. The number of carbonyl (C=O) groups is 2. The predicted octanol–water partition coefficient (Wildman–Crippen LogP) is 2.48. The molecule has 2 amide bonds. The highest BCUT2D eigenvalue weighted by Gasteiger charge is 2.55. The van der Waals surface area contributed by atoms with Crippen molar-refractivity contribution in [3.8, 4) is 0 Å². The van der Waals surface area contributed by atoms with Crippen LogP contribution in [0.4, 0.5) is 0 Å². The molecule has 0 saturated heterocycles. The van der Waals surface area contributed by atoms with Crippen molar-refractivity contribution in [3.63, 3.8) is 0 Å². The van der Waals surface area contributed by atoms with Gasteiger partial charge in [-0.15, -0.1) is 0 Å². The monoisotopic (exact) mass is 306 g/mol. The van der Waals surface area contributed by atoms with Gasteiger partial charge in [-0.05, 0) is 69.1 Å². The van der Waals surface area contributed by atoms with Gasteiger partial charge in [0.2, 0.25) is 11.8 Å². The summed E-state index contributed by atoms with van der Waals surface area (Å²) in [4.78, 5) is 25.3. The highest BCUT2D eigenvalue weighted by Crippen LogP contribution is 2.60. The molecule has 4 saturated carbocycles. The van der Waals surface area contributed by atoms with E-state index in [9.17, 15) is 9.59 Å². The highest BCUT2D eigenvalue weighted by atomic mass is 16.2. The Bertz CT molecular complexity index is 423. The van der Waals surface area contributed by atoms with Crippen LogP contribution >= 0.6 is 0 Å². The molecule has 1 unspecified atom stereocenters. The van der Waals surface area contributed by atoms with Crippen LogP contribution < -0.4 is 10.6 Å². The number of carbonyl (C=O) groups excluding carboxylic acids is 2. The Labute approximate surface area is 133 Å². The van der Waals surface area contributed by atoms with Gasteiger partial charge in [-0.1, -0.05) is 13.8 Å². The molecule has 2 N–H and O–H groups in total. The van der Waals surface area contributed by atoms with E-state index in [4.69, 9.17) is 0 Å². The number of likely N-dealkylation sites (N-methyl/N-ethyl adjacent to an activating group) is 1. The molecule has 1 atom stereocenters. The highest BCUT2D eigenvalue weighted by molar-refractivity contribution is 5.90. The summed E-state index contributed by atoms with van der Waals surface area (Å²) in [5, 5.41) is 5.96. The molecule has 0 aromatic heterocycles. The van der Waals surface area contributed by atoms with Gasteiger partial charge in [-0.25, -0.2) is 0 Å². The van der Waals surface area contributed by atoms with Crippen molar-refractivity contribution < 1.29 is 9.59 Å². The van der Waals surface area contributed by atoms with Gasteiger partial charge in [-0.2, -0.15) is 0 Å². The number of hydrogen-bond acceptors (Lipinski definition) is 2. The molecule has 4 fully saturated rings. The molecule has 0 spiro atoms. The summed E-state index contributed by atoms with van der Waals surface area (Å²) in [7, 11) is 0. The first kappa shape index (κ1) is 15.8. The van der Waals surface area contributed by atoms with E-state index >= 15 is 0 Å². The van der Waals surface area contributed by atoms with Crippen LogP contribution in [0.3, 0.4) is 0 Å². The van der Waals surface area contributed by atoms with Gasteiger partial charge < -0.3 is 10.6 Å². The van der Waals surface area contributed by atoms with E-state index in [0.717, 1.165) is 37.0 Å². The molecule has 0 radical (unpaired) electrons. The molecule has 4 heteroatoms. The van der Waals surface area contributed by atoms with Crippen molar-refractivity contribution in [2.45, 2.75) is 65.3 Å². The lowest BCUT2D eigenvalue weighted by atomic mass is 9.49. The van der Waals surface area contributed by atoms with Crippen molar-refractivity contribution in [3.05, 3.63) is 0 Å². The summed E-state index contributed by atoms with van der Waals surface area (Å²) in [5.41, 5.74) is -0.172. The third kappa shape index (κ3) is 2.77. The summed E-state index contributed by atoms with van der Waals surface area (Å²) in [6.45, 7) is 6.52. The van der Waals surface area contributed by atoms with Gasteiger partial charge in [-0.3, -0.25) is 9.59 Å². The van der Waals surface area contributed by atoms with E-state index in [1.165, 1.54) is 19.3 Å². The van der Waals surface area contributed by atoms with E-state index in [0.29, 0.717) is 6.54 Å². The Morgan fingerprint density at radius 2 is 1.55 bits per heavy atom. The second-order valence-electron chi connectivity index (χ2n) is 8.29. The van der Waals surface area contributed by atoms with Gasteiger partial charge in [0.15, 0.2) is 0 Å². The zero-order valence-corrected chi connectivity index (χ0v) is 14.2. The van der Waals surface area contributed by atoms with E-state index in [1.54, 1.807) is 0 Å². The minimum atomic E-state index is -0.402. The lowest BCUT2D eigenvalue weighted by Crippen LogP contribution is -2.58. The van der Waals surface area contributed by atoms with Crippen molar-refractivity contribution in [1.82, 2.24) is 10.6 Å².